The maximum absolute atomic E-state index is 12.3. The lowest BCUT2D eigenvalue weighted by atomic mass is 10.2. The smallest absolute Gasteiger partial charge is 0.245 e. The molecule has 2 aromatic rings. The minimum Gasteiger partial charge on any atom is -0.323 e. The molecule has 25 heavy (non-hydrogen) atoms. The lowest BCUT2D eigenvalue weighted by Crippen LogP contribution is -2.37. The molecule has 2 rings (SSSR count). The van der Waals surface area contributed by atoms with Crippen molar-refractivity contribution in [3.05, 3.63) is 58.1 Å². The third-order valence-electron chi connectivity index (χ3n) is 3.16. The second kappa shape index (κ2) is 7.74. The third-order valence-corrected chi connectivity index (χ3v) is 4.84. The molecule has 0 aliphatic carbocycles. The molecule has 1 amide bonds. The first kappa shape index (κ1) is 19.1. The van der Waals surface area contributed by atoms with Crippen molar-refractivity contribution in [3.63, 3.8) is 0 Å². The standard InChI is InChI=1S/C16H13Cl2N3O3S/c1-25(23,24)21(13-4-2-3-11(7-13)9-19)10-16(22)20-15-6-5-12(17)8-14(15)18/h2-8H,10H2,1H3,(H,20,22). The van der Waals surface area contributed by atoms with Gasteiger partial charge in [0.2, 0.25) is 15.9 Å². The molecule has 0 aliphatic heterocycles. The molecule has 130 valence electrons. The molecule has 2 aromatic carbocycles. The number of hydrogen-bond acceptors (Lipinski definition) is 4. The zero-order valence-electron chi connectivity index (χ0n) is 13.0. The molecule has 0 radical (unpaired) electrons. The first-order valence-electron chi connectivity index (χ1n) is 6.93. The number of nitrogens with one attached hydrogen (secondary N) is 1. The summed E-state index contributed by atoms with van der Waals surface area (Å²) >= 11 is 11.8. The van der Waals surface area contributed by atoms with Gasteiger partial charge in [-0.15, -0.1) is 0 Å². The normalized spacial score (nSPS) is 10.8. The van der Waals surface area contributed by atoms with E-state index in [1.807, 2.05) is 6.07 Å². The molecular formula is C16H13Cl2N3O3S. The van der Waals surface area contributed by atoms with Crippen LogP contribution in [0.5, 0.6) is 0 Å². The van der Waals surface area contributed by atoms with Crippen molar-refractivity contribution in [1.82, 2.24) is 0 Å². The molecular weight excluding hydrogens is 385 g/mol. The van der Waals surface area contributed by atoms with E-state index in [-0.39, 0.29) is 16.3 Å². The zero-order chi connectivity index (χ0) is 18.6. The van der Waals surface area contributed by atoms with Gasteiger partial charge in [-0.25, -0.2) is 8.42 Å². The van der Waals surface area contributed by atoms with Crippen molar-refractivity contribution in [2.75, 3.05) is 22.4 Å². The Hall–Kier alpha value is -2.27. The van der Waals surface area contributed by atoms with Gasteiger partial charge >= 0.3 is 0 Å². The molecule has 0 saturated carbocycles. The van der Waals surface area contributed by atoms with Crippen molar-refractivity contribution in [1.29, 1.82) is 5.26 Å². The molecule has 0 fully saturated rings. The highest BCUT2D eigenvalue weighted by atomic mass is 35.5. The van der Waals surface area contributed by atoms with Gasteiger partial charge in [0.15, 0.2) is 0 Å². The average Bonchev–Trinajstić information content (AvgIpc) is 2.54. The number of anilines is 2. The van der Waals surface area contributed by atoms with Crippen LogP contribution in [0.2, 0.25) is 10.0 Å². The largest absolute Gasteiger partial charge is 0.323 e. The second-order valence-corrected chi connectivity index (χ2v) is 7.85. The molecule has 0 heterocycles. The summed E-state index contributed by atoms with van der Waals surface area (Å²) in [6.07, 6.45) is 0.981. The number of benzene rings is 2. The van der Waals surface area contributed by atoms with E-state index >= 15 is 0 Å². The summed E-state index contributed by atoms with van der Waals surface area (Å²) in [5.41, 5.74) is 0.821. The molecule has 9 heteroatoms. The van der Waals surface area contributed by atoms with E-state index in [0.29, 0.717) is 10.7 Å². The van der Waals surface area contributed by atoms with Crippen molar-refractivity contribution >= 4 is 50.5 Å². The number of halogens is 2. The van der Waals surface area contributed by atoms with Crippen LogP contribution in [-0.2, 0) is 14.8 Å². The summed E-state index contributed by atoms with van der Waals surface area (Å²) in [7, 11) is -3.74. The first-order chi connectivity index (χ1) is 11.7. The van der Waals surface area contributed by atoms with Gasteiger partial charge in [0.05, 0.1) is 34.3 Å². The number of carbonyl (C=O) groups excluding carboxylic acids is 1. The van der Waals surface area contributed by atoms with Gasteiger partial charge < -0.3 is 5.32 Å². The number of rotatable bonds is 5. The van der Waals surface area contributed by atoms with Crippen LogP contribution in [0.1, 0.15) is 5.56 Å². The predicted octanol–water partition coefficient (Wildman–Crippen LogP) is 3.27. The SMILES string of the molecule is CS(=O)(=O)N(CC(=O)Nc1ccc(Cl)cc1Cl)c1cccc(C#N)c1. The van der Waals surface area contributed by atoms with Gasteiger partial charge in [-0.3, -0.25) is 9.10 Å². The van der Waals surface area contributed by atoms with Gasteiger partial charge in [-0.2, -0.15) is 5.26 Å². The van der Waals surface area contributed by atoms with Gasteiger partial charge in [0.25, 0.3) is 0 Å². The fraction of sp³-hybridized carbons (Fsp3) is 0.125. The number of carbonyl (C=O) groups is 1. The van der Waals surface area contributed by atoms with Gasteiger partial charge in [-0.05, 0) is 36.4 Å². The molecule has 0 aromatic heterocycles. The first-order valence-corrected chi connectivity index (χ1v) is 9.54. The highest BCUT2D eigenvalue weighted by Crippen LogP contribution is 2.25. The van der Waals surface area contributed by atoms with Crippen LogP contribution in [-0.4, -0.2) is 27.1 Å². The monoisotopic (exact) mass is 397 g/mol. The molecule has 6 nitrogen and oxygen atoms in total. The lowest BCUT2D eigenvalue weighted by molar-refractivity contribution is -0.114. The summed E-state index contributed by atoms with van der Waals surface area (Å²) < 4.78 is 25.0. The summed E-state index contributed by atoms with van der Waals surface area (Å²) in [5, 5.41) is 12.1. The Labute approximate surface area is 155 Å². The van der Waals surface area contributed by atoms with Crippen LogP contribution in [0.25, 0.3) is 0 Å². The quantitative estimate of drug-likeness (QED) is 0.837. The average molecular weight is 398 g/mol. The highest BCUT2D eigenvalue weighted by molar-refractivity contribution is 7.92. The van der Waals surface area contributed by atoms with Crippen LogP contribution in [0.15, 0.2) is 42.5 Å². The molecule has 0 unspecified atom stereocenters. The van der Waals surface area contributed by atoms with E-state index in [1.54, 1.807) is 12.1 Å². The lowest BCUT2D eigenvalue weighted by Gasteiger charge is -2.22. The van der Waals surface area contributed by atoms with Crippen molar-refractivity contribution in [3.8, 4) is 6.07 Å². The van der Waals surface area contributed by atoms with E-state index < -0.39 is 22.5 Å². The Balaban J connectivity index is 2.25. The fourth-order valence-corrected chi connectivity index (χ4v) is 3.35. The minimum atomic E-state index is -3.74. The highest BCUT2D eigenvalue weighted by Gasteiger charge is 2.21. The van der Waals surface area contributed by atoms with Crippen molar-refractivity contribution in [2.45, 2.75) is 0 Å². The number of sulfonamides is 1. The van der Waals surface area contributed by atoms with Crippen LogP contribution < -0.4 is 9.62 Å². The minimum absolute atomic E-state index is 0.221. The van der Waals surface area contributed by atoms with Crippen LogP contribution in [0, 0.1) is 11.3 Å². The topological polar surface area (TPSA) is 90.3 Å². The molecule has 0 spiro atoms. The Morgan fingerprint density at radius 3 is 2.56 bits per heavy atom. The van der Waals surface area contributed by atoms with E-state index in [9.17, 15) is 13.2 Å². The van der Waals surface area contributed by atoms with E-state index in [4.69, 9.17) is 28.5 Å². The van der Waals surface area contributed by atoms with Gasteiger partial charge in [0.1, 0.15) is 6.54 Å². The van der Waals surface area contributed by atoms with Crippen LogP contribution in [0.4, 0.5) is 11.4 Å². The molecule has 0 bridgehead atoms. The number of nitrogens with zero attached hydrogens (tertiary/aromatic N) is 2. The number of nitriles is 1. The Morgan fingerprint density at radius 2 is 1.96 bits per heavy atom. The maximum atomic E-state index is 12.3. The summed E-state index contributed by atoms with van der Waals surface area (Å²) in [5.74, 6) is -0.586. The van der Waals surface area contributed by atoms with Crippen LogP contribution in [0.3, 0.4) is 0 Å². The fourth-order valence-electron chi connectivity index (χ4n) is 2.04. The van der Waals surface area contributed by atoms with Gasteiger partial charge in [-0.1, -0.05) is 29.3 Å². The Bertz CT molecular complexity index is 955. The summed E-state index contributed by atoms with van der Waals surface area (Å²) in [6, 6.07) is 12.4. The van der Waals surface area contributed by atoms with Crippen LogP contribution >= 0.6 is 23.2 Å². The molecule has 1 N–H and O–H groups in total. The Morgan fingerprint density at radius 1 is 1.24 bits per heavy atom. The van der Waals surface area contributed by atoms with Crippen molar-refractivity contribution in [2.24, 2.45) is 0 Å². The van der Waals surface area contributed by atoms with E-state index in [1.165, 1.54) is 30.3 Å². The summed E-state index contributed by atoms with van der Waals surface area (Å²) in [6.45, 7) is -0.466. The zero-order valence-corrected chi connectivity index (χ0v) is 15.4. The van der Waals surface area contributed by atoms with Crippen molar-refractivity contribution < 1.29 is 13.2 Å². The second-order valence-electron chi connectivity index (χ2n) is 5.10. The number of hydrogen-bond donors (Lipinski definition) is 1. The Kier molecular flexibility index (Phi) is 5.90. The molecule has 0 aliphatic rings. The van der Waals surface area contributed by atoms with E-state index in [2.05, 4.69) is 5.32 Å². The molecule has 0 saturated heterocycles. The summed E-state index contributed by atoms with van der Waals surface area (Å²) in [4.78, 5) is 12.3. The maximum Gasteiger partial charge on any atom is 0.245 e. The molecule has 0 atom stereocenters. The third kappa shape index (κ3) is 5.10. The van der Waals surface area contributed by atoms with Gasteiger partial charge in [0, 0.05) is 5.02 Å². The predicted molar refractivity (Wildman–Crippen MR) is 98.4 cm³/mol. The number of amides is 1. The van der Waals surface area contributed by atoms with E-state index in [0.717, 1.165) is 10.6 Å².